The van der Waals surface area contributed by atoms with Crippen molar-refractivity contribution in [3.05, 3.63) is 53.9 Å². The summed E-state index contributed by atoms with van der Waals surface area (Å²) in [6.45, 7) is 6.93. The van der Waals surface area contributed by atoms with Crippen LogP contribution in [0.25, 0.3) is 0 Å². The Morgan fingerprint density at radius 3 is 2.27 bits per heavy atom. The van der Waals surface area contributed by atoms with Gasteiger partial charge in [0, 0.05) is 11.9 Å². The molecule has 80 valence electrons. The van der Waals surface area contributed by atoms with Crippen LogP contribution in [0.5, 0.6) is 0 Å². The van der Waals surface area contributed by atoms with Crippen molar-refractivity contribution in [2.24, 2.45) is 0 Å². The van der Waals surface area contributed by atoms with Crippen molar-refractivity contribution in [1.82, 2.24) is 9.78 Å². The molecule has 0 saturated carbocycles. The van der Waals surface area contributed by atoms with Crippen molar-refractivity contribution in [3.63, 3.8) is 0 Å². The summed E-state index contributed by atoms with van der Waals surface area (Å²) in [6.07, 6.45) is 1.83. The van der Waals surface area contributed by atoms with Gasteiger partial charge in [0.05, 0.1) is 6.54 Å². The molecule has 0 bridgehead atoms. The lowest BCUT2D eigenvalue weighted by atomic mass is 10.2. The second-order valence-corrected chi connectivity index (χ2v) is 3.12. The van der Waals surface area contributed by atoms with Gasteiger partial charge in [0.25, 0.3) is 0 Å². The Hall–Kier alpha value is -1.57. The summed E-state index contributed by atoms with van der Waals surface area (Å²) in [6, 6.07) is 12.4. The van der Waals surface area contributed by atoms with E-state index in [1.165, 1.54) is 11.3 Å². The molecular formula is C13H18N2. The zero-order valence-corrected chi connectivity index (χ0v) is 9.64. The summed E-state index contributed by atoms with van der Waals surface area (Å²) in [5.74, 6) is 0. The highest BCUT2D eigenvalue weighted by Gasteiger charge is 1.96. The number of aromatic nitrogens is 2. The van der Waals surface area contributed by atoms with E-state index in [2.05, 4.69) is 24.2 Å². The minimum absolute atomic E-state index is 0.861. The van der Waals surface area contributed by atoms with E-state index in [4.69, 9.17) is 0 Å². The first-order chi connectivity index (χ1) is 7.36. The van der Waals surface area contributed by atoms with E-state index in [1.54, 1.807) is 0 Å². The maximum atomic E-state index is 4.23. The van der Waals surface area contributed by atoms with Crippen LogP contribution in [-0.2, 0) is 6.54 Å². The SMILES string of the molecule is CC.Cc1ccnn1Cc1ccccc1. The molecule has 0 spiro atoms. The van der Waals surface area contributed by atoms with Gasteiger partial charge in [0.15, 0.2) is 0 Å². The minimum atomic E-state index is 0.861. The maximum absolute atomic E-state index is 4.23. The van der Waals surface area contributed by atoms with Crippen LogP contribution in [0, 0.1) is 6.92 Å². The van der Waals surface area contributed by atoms with Gasteiger partial charge in [-0.2, -0.15) is 5.10 Å². The van der Waals surface area contributed by atoms with E-state index in [0.717, 1.165) is 6.54 Å². The molecule has 0 N–H and O–H groups in total. The van der Waals surface area contributed by atoms with Gasteiger partial charge in [-0.05, 0) is 18.6 Å². The van der Waals surface area contributed by atoms with Crippen molar-refractivity contribution in [1.29, 1.82) is 0 Å². The van der Waals surface area contributed by atoms with Gasteiger partial charge in [0.1, 0.15) is 0 Å². The predicted molar refractivity (Wildman–Crippen MR) is 63.9 cm³/mol. The molecule has 2 rings (SSSR count). The van der Waals surface area contributed by atoms with E-state index >= 15 is 0 Å². The van der Waals surface area contributed by atoms with Crippen LogP contribution >= 0.6 is 0 Å². The highest BCUT2D eigenvalue weighted by atomic mass is 15.3. The third-order valence-corrected chi connectivity index (χ3v) is 2.10. The molecule has 0 unspecified atom stereocenters. The Morgan fingerprint density at radius 1 is 1.07 bits per heavy atom. The average Bonchev–Trinajstić information content (AvgIpc) is 2.69. The fraction of sp³-hybridized carbons (Fsp3) is 0.308. The van der Waals surface area contributed by atoms with Crippen LogP contribution in [0.4, 0.5) is 0 Å². The Balaban J connectivity index is 0.000000531. The zero-order valence-electron chi connectivity index (χ0n) is 9.64. The van der Waals surface area contributed by atoms with Crippen LogP contribution in [-0.4, -0.2) is 9.78 Å². The second-order valence-electron chi connectivity index (χ2n) is 3.12. The van der Waals surface area contributed by atoms with Gasteiger partial charge in [-0.1, -0.05) is 44.2 Å². The molecule has 1 aromatic carbocycles. The van der Waals surface area contributed by atoms with E-state index in [-0.39, 0.29) is 0 Å². The molecule has 1 aromatic heterocycles. The molecule has 2 aromatic rings. The summed E-state index contributed by atoms with van der Waals surface area (Å²) in [5, 5.41) is 4.23. The molecule has 0 aliphatic carbocycles. The van der Waals surface area contributed by atoms with Crippen molar-refractivity contribution < 1.29 is 0 Å². The second kappa shape index (κ2) is 6.02. The number of benzene rings is 1. The van der Waals surface area contributed by atoms with E-state index in [1.807, 2.05) is 49.0 Å². The topological polar surface area (TPSA) is 17.8 Å². The summed E-state index contributed by atoms with van der Waals surface area (Å²) >= 11 is 0. The number of hydrogen-bond donors (Lipinski definition) is 0. The molecule has 0 radical (unpaired) electrons. The molecule has 0 saturated heterocycles. The van der Waals surface area contributed by atoms with E-state index in [0.29, 0.717) is 0 Å². The summed E-state index contributed by atoms with van der Waals surface area (Å²) in [5.41, 5.74) is 2.48. The van der Waals surface area contributed by atoms with Gasteiger partial charge in [0.2, 0.25) is 0 Å². The van der Waals surface area contributed by atoms with Crippen LogP contribution in [0.1, 0.15) is 25.1 Å². The van der Waals surface area contributed by atoms with Gasteiger partial charge in [-0.15, -0.1) is 0 Å². The van der Waals surface area contributed by atoms with Gasteiger partial charge >= 0.3 is 0 Å². The molecule has 0 amide bonds. The fourth-order valence-electron chi connectivity index (χ4n) is 1.32. The van der Waals surface area contributed by atoms with Gasteiger partial charge in [-0.25, -0.2) is 0 Å². The summed E-state index contributed by atoms with van der Waals surface area (Å²) in [7, 11) is 0. The van der Waals surface area contributed by atoms with Crippen LogP contribution in [0.2, 0.25) is 0 Å². The lowest BCUT2D eigenvalue weighted by molar-refractivity contribution is 0.665. The third-order valence-electron chi connectivity index (χ3n) is 2.10. The number of rotatable bonds is 2. The number of aryl methyl sites for hydroxylation is 1. The molecule has 2 heteroatoms. The van der Waals surface area contributed by atoms with Gasteiger partial charge in [-0.3, -0.25) is 4.68 Å². The molecular weight excluding hydrogens is 184 g/mol. The average molecular weight is 202 g/mol. The highest BCUT2D eigenvalue weighted by Crippen LogP contribution is 2.03. The standard InChI is InChI=1S/C11H12N2.C2H6/c1-10-7-8-12-13(10)9-11-5-3-2-4-6-11;1-2/h2-8H,9H2,1H3;1-2H3. The first-order valence-corrected chi connectivity index (χ1v) is 5.38. The van der Waals surface area contributed by atoms with Crippen LogP contribution in [0.3, 0.4) is 0 Å². The normalized spacial score (nSPS) is 9.27. The smallest absolute Gasteiger partial charge is 0.0662 e. The Bertz CT molecular complexity index is 376. The molecule has 1 heterocycles. The first kappa shape index (κ1) is 11.5. The van der Waals surface area contributed by atoms with E-state index in [9.17, 15) is 0 Å². The van der Waals surface area contributed by atoms with Gasteiger partial charge < -0.3 is 0 Å². The Labute approximate surface area is 91.6 Å². The lowest BCUT2D eigenvalue weighted by Crippen LogP contribution is -2.02. The van der Waals surface area contributed by atoms with Crippen molar-refractivity contribution in [3.8, 4) is 0 Å². The Morgan fingerprint density at radius 2 is 1.73 bits per heavy atom. The fourth-order valence-corrected chi connectivity index (χ4v) is 1.32. The lowest BCUT2D eigenvalue weighted by Gasteiger charge is -2.03. The Kier molecular flexibility index (Phi) is 4.61. The highest BCUT2D eigenvalue weighted by molar-refractivity contribution is 5.15. The van der Waals surface area contributed by atoms with Crippen LogP contribution in [0.15, 0.2) is 42.6 Å². The minimum Gasteiger partial charge on any atom is -0.265 e. The maximum Gasteiger partial charge on any atom is 0.0662 e. The van der Waals surface area contributed by atoms with Crippen molar-refractivity contribution in [2.75, 3.05) is 0 Å². The first-order valence-electron chi connectivity index (χ1n) is 5.38. The monoisotopic (exact) mass is 202 g/mol. The molecule has 2 nitrogen and oxygen atoms in total. The van der Waals surface area contributed by atoms with Crippen molar-refractivity contribution >= 4 is 0 Å². The van der Waals surface area contributed by atoms with Crippen LogP contribution < -0.4 is 0 Å². The number of hydrogen-bond acceptors (Lipinski definition) is 1. The quantitative estimate of drug-likeness (QED) is 0.731. The van der Waals surface area contributed by atoms with E-state index < -0.39 is 0 Å². The summed E-state index contributed by atoms with van der Waals surface area (Å²) in [4.78, 5) is 0. The molecule has 0 fully saturated rings. The summed E-state index contributed by atoms with van der Waals surface area (Å²) < 4.78 is 2.00. The largest absolute Gasteiger partial charge is 0.265 e. The van der Waals surface area contributed by atoms with Crippen molar-refractivity contribution in [2.45, 2.75) is 27.3 Å². The number of nitrogens with zero attached hydrogens (tertiary/aromatic N) is 2. The zero-order chi connectivity index (χ0) is 11.1. The molecule has 0 atom stereocenters. The third kappa shape index (κ3) is 3.24. The molecule has 0 aliphatic heterocycles. The molecule has 15 heavy (non-hydrogen) atoms. The predicted octanol–water partition coefficient (Wildman–Crippen LogP) is 3.27. The molecule has 0 aliphatic rings.